The molecule has 5 heteroatoms. The van der Waals surface area contributed by atoms with Crippen LogP contribution in [0, 0.1) is 19.8 Å². The molecule has 0 saturated carbocycles. The first-order valence-electron chi connectivity index (χ1n) is 7.97. The number of hydrogen-bond donors (Lipinski definition) is 2. The van der Waals surface area contributed by atoms with Gasteiger partial charge in [0.2, 0.25) is 0 Å². The molecule has 0 saturated heterocycles. The van der Waals surface area contributed by atoms with E-state index in [0.717, 1.165) is 17.4 Å². The SMILES string of the molecule is COCCn1c(C)c(C)c2cc(C(=O)NCC(C)CO)ccc21. The van der Waals surface area contributed by atoms with Crippen LogP contribution in [0.3, 0.4) is 0 Å². The molecular weight excluding hydrogens is 292 g/mol. The first kappa shape index (κ1) is 17.5. The van der Waals surface area contributed by atoms with Gasteiger partial charge in [-0.2, -0.15) is 0 Å². The van der Waals surface area contributed by atoms with E-state index in [1.54, 1.807) is 7.11 Å². The van der Waals surface area contributed by atoms with Gasteiger partial charge in [-0.15, -0.1) is 0 Å². The van der Waals surface area contributed by atoms with Crippen molar-refractivity contribution in [3.63, 3.8) is 0 Å². The maximum Gasteiger partial charge on any atom is 0.251 e. The molecule has 2 aromatic rings. The third-order valence-electron chi connectivity index (χ3n) is 4.34. The number of methoxy groups -OCH3 is 1. The molecule has 0 bridgehead atoms. The molecule has 0 aliphatic carbocycles. The second-order valence-electron chi connectivity index (χ2n) is 6.08. The summed E-state index contributed by atoms with van der Waals surface area (Å²) >= 11 is 0. The number of aliphatic hydroxyl groups excluding tert-OH is 1. The number of benzene rings is 1. The van der Waals surface area contributed by atoms with Crippen LogP contribution in [-0.4, -0.2) is 42.4 Å². The van der Waals surface area contributed by atoms with E-state index in [2.05, 4.69) is 23.7 Å². The van der Waals surface area contributed by atoms with Crippen molar-refractivity contribution >= 4 is 16.8 Å². The second kappa shape index (κ2) is 7.62. The Morgan fingerprint density at radius 3 is 2.78 bits per heavy atom. The van der Waals surface area contributed by atoms with Crippen LogP contribution >= 0.6 is 0 Å². The minimum Gasteiger partial charge on any atom is -0.396 e. The number of ether oxygens (including phenoxy) is 1. The molecule has 1 unspecified atom stereocenters. The van der Waals surface area contributed by atoms with Crippen molar-refractivity contribution in [2.24, 2.45) is 5.92 Å². The van der Waals surface area contributed by atoms with E-state index in [4.69, 9.17) is 9.84 Å². The summed E-state index contributed by atoms with van der Waals surface area (Å²) < 4.78 is 7.41. The summed E-state index contributed by atoms with van der Waals surface area (Å²) in [5.41, 5.74) is 4.16. The van der Waals surface area contributed by atoms with Crippen LogP contribution in [0.25, 0.3) is 10.9 Å². The zero-order valence-corrected chi connectivity index (χ0v) is 14.3. The normalized spacial score (nSPS) is 12.6. The minimum atomic E-state index is -0.103. The monoisotopic (exact) mass is 318 g/mol. The Morgan fingerprint density at radius 2 is 2.13 bits per heavy atom. The number of carbonyl (C=O) groups is 1. The molecule has 2 N–H and O–H groups in total. The average Bonchev–Trinajstić information content (AvgIpc) is 2.81. The maximum absolute atomic E-state index is 12.3. The Balaban J connectivity index is 2.28. The van der Waals surface area contributed by atoms with E-state index >= 15 is 0 Å². The highest BCUT2D eigenvalue weighted by Crippen LogP contribution is 2.26. The van der Waals surface area contributed by atoms with E-state index in [0.29, 0.717) is 18.7 Å². The molecule has 1 aromatic heterocycles. The van der Waals surface area contributed by atoms with Gasteiger partial charge in [0.25, 0.3) is 5.91 Å². The van der Waals surface area contributed by atoms with Crippen LogP contribution < -0.4 is 5.32 Å². The molecular formula is C18H26N2O3. The van der Waals surface area contributed by atoms with E-state index in [1.165, 1.54) is 11.3 Å². The van der Waals surface area contributed by atoms with Gasteiger partial charge in [-0.3, -0.25) is 4.79 Å². The fraction of sp³-hybridized carbons (Fsp3) is 0.500. The van der Waals surface area contributed by atoms with Gasteiger partial charge in [-0.25, -0.2) is 0 Å². The molecule has 0 aliphatic rings. The standard InChI is InChI=1S/C18H26N2O3/c1-12(11-21)10-19-18(22)15-5-6-17-16(9-15)13(2)14(3)20(17)7-8-23-4/h5-6,9,12,21H,7-8,10-11H2,1-4H3,(H,19,22). The summed E-state index contributed by atoms with van der Waals surface area (Å²) in [5, 5.41) is 13.0. The van der Waals surface area contributed by atoms with Crippen LogP contribution in [0.2, 0.25) is 0 Å². The van der Waals surface area contributed by atoms with Gasteiger partial charge in [-0.1, -0.05) is 6.92 Å². The van der Waals surface area contributed by atoms with Crippen molar-refractivity contribution in [1.29, 1.82) is 0 Å². The number of carbonyl (C=O) groups excluding carboxylic acids is 1. The molecule has 1 amide bonds. The number of fused-ring (bicyclic) bond motifs is 1. The number of aromatic nitrogens is 1. The lowest BCUT2D eigenvalue weighted by Gasteiger charge is -2.10. The summed E-state index contributed by atoms with van der Waals surface area (Å²) in [6.45, 7) is 8.06. The number of nitrogens with one attached hydrogen (secondary N) is 1. The lowest BCUT2D eigenvalue weighted by molar-refractivity contribution is 0.0942. The Hall–Kier alpha value is -1.85. The quantitative estimate of drug-likeness (QED) is 0.823. The summed E-state index contributed by atoms with van der Waals surface area (Å²) in [6.07, 6.45) is 0. The van der Waals surface area contributed by atoms with Crippen LogP contribution in [0.15, 0.2) is 18.2 Å². The van der Waals surface area contributed by atoms with Crippen molar-refractivity contribution in [3.05, 3.63) is 35.0 Å². The van der Waals surface area contributed by atoms with Crippen LogP contribution in [0.5, 0.6) is 0 Å². The molecule has 0 fully saturated rings. The average molecular weight is 318 g/mol. The molecule has 126 valence electrons. The van der Waals surface area contributed by atoms with Gasteiger partial charge in [-0.05, 0) is 43.5 Å². The third-order valence-corrected chi connectivity index (χ3v) is 4.34. The van der Waals surface area contributed by atoms with Gasteiger partial charge in [0.1, 0.15) is 0 Å². The maximum atomic E-state index is 12.3. The number of amides is 1. The molecule has 0 spiro atoms. The van der Waals surface area contributed by atoms with Crippen molar-refractivity contribution in [3.8, 4) is 0 Å². The number of rotatable bonds is 7. The molecule has 5 nitrogen and oxygen atoms in total. The van der Waals surface area contributed by atoms with Gasteiger partial charge >= 0.3 is 0 Å². The van der Waals surface area contributed by atoms with E-state index in [9.17, 15) is 4.79 Å². The molecule has 1 aromatic carbocycles. The van der Waals surface area contributed by atoms with Crippen molar-refractivity contribution in [1.82, 2.24) is 9.88 Å². The summed E-state index contributed by atoms with van der Waals surface area (Å²) in [6, 6.07) is 5.79. The Kier molecular flexibility index (Phi) is 5.80. The third kappa shape index (κ3) is 3.74. The van der Waals surface area contributed by atoms with Crippen molar-refractivity contribution < 1.29 is 14.6 Å². The lowest BCUT2D eigenvalue weighted by Crippen LogP contribution is -2.29. The first-order chi connectivity index (χ1) is 11.0. The summed E-state index contributed by atoms with van der Waals surface area (Å²) in [7, 11) is 1.70. The zero-order valence-electron chi connectivity index (χ0n) is 14.3. The number of aryl methyl sites for hydroxylation is 1. The number of nitrogens with zero attached hydrogens (tertiary/aromatic N) is 1. The van der Waals surface area contributed by atoms with Crippen LogP contribution in [0.1, 0.15) is 28.5 Å². The summed E-state index contributed by atoms with van der Waals surface area (Å²) in [4.78, 5) is 12.3. The first-order valence-corrected chi connectivity index (χ1v) is 7.97. The predicted molar refractivity (Wildman–Crippen MR) is 91.9 cm³/mol. The topological polar surface area (TPSA) is 63.5 Å². The largest absolute Gasteiger partial charge is 0.396 e. The van der Waals surface area contributed by atoms with E-state index in [-0.39, 0.29) is 18.4 Å². The highest BCUT2D eigenvalue weighted by molar-refractivity contribution is 5.99. The Labute approximate surface area is 137 Å². The number of aliphatic hydroxyl groups is 1. The lowest BCUT2D eigenvalue weighted by atomic mass is 10.1. The molecule has 23 heavy (non-hydrogen) atoms. The fourth-order valence-corrected chi connectivity index (χ4v) is 2.70. The van der Waals surface area contributed by atoms with E-state index in [1.807, 2.05) is 25.1 Å². The van der Waals surface area contributed by atoms with Gasteiger partial charge in [0, 0.05) is 49.0 Å². The highest BCUT2D eigenvalue weighted by Gasteiger charge is 2.14. The van der Waals surface area contributed by atoms with E-state index < -0.39 is 0 Å². The number of hydrogen-bond acceptors (Lipinski definition) is 3. The Morgan fingerprint density at radius 1 is 1.39 bits per heavy atom. The Bertz CT molecular complexity index is 691. The summed E-state index contributed by atoms with van der Waals surface area (Å²) in [5.74, 6) is -0.0457. The highest BCUT2D eigenvalue weighted by atomic mass is 16.5. The predicted octanol–water partition coefficient (Wildman–Crippen LogP) is 2.26. The molecule has 0 radical (unpaired) electrons. The minimum absolute atomic E-state index is 0.0572. The van der Waals surface area contributed by atoms with Gasteiger partial charge < -0.3 is 19.7 Å². The molecule has 0 aliphatic heterocycles. The van der Waals surface area contributed by atoms with Gasteiger partial charge in [0.15, 0.2) is 0 Å². The smallest absolute Gasteiger partial charge is 0.251 e. The molecule has 1 heterocycles. The van der Waals surface area contributed by atoms with Crippen molar-refractivity contribution in [2.75, 3.05) is 26.9 Å². The van der Waals surface area contributed by atoms with Crippen molar-refractivity contribution in [2.45, 2.75) is 27.3 Å². The second-order valence-corrected chi connectivity index (χ2v) is 6.08. The zero-order chi connectivity index (χ0) is 17.0. The van der Waals surface area contributed by atoms with Crippen LogP contribution in [0.4, 0.5) is 0 Å². The fourth-order valence-electron chi connectivity index (χ4n) is 2.70. The molecule has 1 atom stereocenters. The van der Waals surface area contributed by atoms with Crippen LogP contribution in [-0.2, 0) is 11.3 Å². The molecule has 2 rings (SSSR count). The van der Waals surface area contributed by atoms with Gasteiger partial charge in [0.05, 0.1) is 6.61 Å².